The molecule has 0 unspecified atom stereocenters. The summed E-state index contributed by atoms with van der Waals surface area (Å²) in [5.41, 5.74) is 3.37. The predicted molar refractivity (Wildman–Crippen MR) is 108 cm³/mol. The Morgan fingerprint density at radius 2 is 2.04 bits per heavy atom. The molecule has 0 radical (unpaired) electrons. The van der Waals surface area contributed by atoms with Crippen molar-refractivity contribution in [3.05, 3.63) is 59.5 Å². The first-order valence-electron chi connectivity index (χ1n) is 9.48. The highest BCUT2D eigenvalue weighted by molar-refractivity contribution is 6.17. The molecule has 1 saturated heterocycles. The highest BCUT2D eigenvalue weighted by Crippen LogP contribution is 2.36. The average Bonchev–Trinajstić information content (AvgIpc) is 3.22. The van der Waals surface area contributed by atoms with Gasteiger partial charge in [-0.05, 0) is 48.7 Å². The van der Waals surface area contributed by atoms with Gasteiger partial charge in [0.25, 0.3) is 5.91 Å². The van der Waals surface area contributed by atoms with Crippen LogP contribution in [0.25, 0.3) is 10.9 Å². The molecule has 0 atom stereocenters. The van der Waals surface area contributed by atoms with Gasteiger partial charge in [-0.15, -0.1) is 0 Å². The molecule has 3 aromatic rings. The number of carbonyl (C=O) groups excluding carboxylic acids is 2. The molecule has 0 bridgehead atoms. The van der Waals surface area contributed by atoms with E-state index in [1.807, 2.05) is 24.3 Å². The van der Waals surface area contributed by atoms with Crippen molar-refractivity contribution in [1.29, 1.82) is 0 Å². The molecule has 1 fully saturated rings. The van der Waals surface area contributed by atoms with E-state index in [2.05, 4.69) is 12.2 Å². The molecule has 0 spiro atoms. The van der Waals surface area contributed by atoms with Crippen LogP contribution >= 0.6 is 0 Å². The van der Waals surface area contributed by atoms with Crippen molar-refractivity contribution < 1.29 is 14.0 Å². The Kier molecular flexibility index (Phi) is 4.63. The van der Waals surface area contributed by atoms with Crippen molar-refractivity contribution in [2.24, 2.45) is 7.05 Å². The highest BCUT2D eigenvalue weighted by Gasteiger charge is 2.31. The lowest BCUT2D eigenvalue weighted by Gasteiger charge is -2.18. The average molecular weight is 379 g/mol. The van der Waals surface area contributed by atoms with E-state index in [0.29, 0.717) is 40.9 Å². The second-order valence-electron chi connectivity index (χ2n) is 7.07. The third kappa shape index (κ3) is 3.05. The number of aromatic nitrogens is 1. The number of nitrogens with one attached hydrogen (secondary N) is 1. The summed E-state index contributed by atoms with van der Waals surface area (Å²) in [5, 5.41) is 3.51. The first kappa shape index (κ1) is 18.2. The summed E-state index contributed by atoms with van der Waals surface area (Å²) in [6.45, 7) is 2.58. The maximum absolute atomic E-state index is 14.0. The van der Waals surface area contributed by atoms with Gasteiger partial charge in [0.1, 0.15) is 11.5 Å². The van der Waals surface area contributed by atoms with Crippen LogP contribution in [-0.2, 0) is 18.3 Å². The molecule has 2 amide bonds. The Bertz CT molecular complexity index is 1090. The standard InChI is InChI=1S/C22H22FN3O2/c1-3-14-6-4-7-16(12-14)24-22(28)21-20(26-11-5-8-19(26)27)17-13-15(23)9-10-18(17)25(21)2/h4,6-7,9-10,12-13H,3,5,8,11H2,1-2H3,(H,24,28). The quantitative estimate of drug-likeness (QED) is 0.736. The zero-order valence-corrected chi connectivity index (χ0v) is 16.0. The summed E-state index contributed by atoms with van der Waals surface area (Å²) >= 11 is 0. The van der Waals surface area contributed by atoms with Gasteiger partial charge in [0.15, 0.2) is 0 Å². The van der Waals surface area contributed by atoms with E-state index < -0.39 is 5.82 Å². The largest absolute Gasteiger partial charge is 0.338 e. The minimum absolute atomic E-state index is 0.0428. The van der Waals surface area contributed by atoms with Crippen LogP contribution in [0.3, 0.4) is 0 Å². The van der Waals surface area contributed by atoms with Gasteiger partial charge in [-0.1, -0.05) is 19.1 Å². The number of aryl methyl sites for hydroxylation is 2. The van der Waals surface area contributed by atoms with E-state index in [4.69, 9.17) is 0 Å². The van der Waals surface area contributed by atoms with Gasteiger partial charge in [-0.3, -0.25) is 9.59 Å². The second kappa shape index (κ2) is 7.11. The molecule has 0 saturated carbocycles. The van der Waals surface area contributed by atoms with E-state index in [9.17, 15) is 14.0 Å². The highest BCUT2D eigenvalue weighted by atomic mass is 19.1. The monoisotopic (exact) mass is 379 g/mol. The number of nitrogens with zero attached hydrogens (tertiary/aromatic N) is 2. The van der Waals surface area contributed by atoms with Crippen molar-refractivity contribution in [2.75, 3.05) is 16.8 Å². The summed E-state index contributed by atoms with van der Waals surface area (Å²) in [5.74, 6) is -0.755. The van der Waals surface area contributed by atoms with E-state index in [-0.39, 0.29) is 11.8 Å². The second-order valence-corrected chi connectivity index (χ2v) is 7.07. The minimum Gasteiger partial charge on any atom is -0.338 e. The van der Waals surface area contributed by atoms with Gasteiger partial charge in [0.2, 0.25) is 5.91 Å². The number of amides is 2. The van der Waals surface area contributed by atoms with Crippen molar-refractivity contribution in [3.63, 3.8) is 0 Å². The van der Waals surface area contributed by atoms with Crippen LogP contribution < -0.4 is 10.2 Å². The third-order valence-corrected chi connectivity index (χ3v) is 5.29. The van der Waals surface area contributed by atoms with Crippen LogP contribution in [0.4, 0.5) is 15.8 Å². The number of rotatable bonds is 4. The molecule has 6 heteroatoms. The molecule has 2 heterocycles. The van der Waals surface area contributed by atoms with Crippen LogP contribution in [0.5, 0.6) is 0 Å². The van der Waals surface area contributed by atoms with Crippen LogP contribution in [0.1, 0.15) is 35.8 Å². The Morgan fingerprint density at radius 3 is 2.75 bits per heavy atom. The van der Waals surface area contributed by atoms with Crippen LogP contribution in [0.15, 0.2) is 42.5 Å². The number of hydrogen-bond acceptors (Lipinski definition) is 2. The van der Waals surface area contributed by atoms with Crippen LogP contribution in [-0.4, -0.2) is 22.9 Å². The number of halogens is 1. The summed E-state index contributed by atoms with van der Waals surface area (Å²) in [6.07, 6.45) is 2.03. The summed E-state index contributed by atoms with van der Waals surface area (Å²) in [7, 11) is 1.77. The fourth-order valence-electron chi connectivity index (χ4n) is 3.87. The van der Waals surface area contributed by atoms with Gasteiger partial charge in [0.05, 0.1) is 11.2 Å². The normalized spacial score (nSPS) is 14.1. The fourth-order valence-corrected chi connectivity index (χ4v) is 3.87. The zero-order chi connectivity index (χ0) is 19.8. The first-order chi connectivity index (χ1) is 13.5. The van der Waals surface area contributed by atoms with Gasteiger partial charge in [-0.25, -0.2) is 4.39 Å². The van der Waals surface area contributed by atoms with Gasteiger partial charge < -0.3 is 14.8 Å². The maximum atomic E-state index is 14.0. The molecule has 28 heavy (non-hydrogen) atoms. The molecule has 4 rings (SSSR count). The lowest BCUT2D eigenvalue weighted by molar-refractivity contribution is -0.117. The summed E-state index contributed by atoms with van der Waals surface area (Å²) < 4.78 is 15.7. The van der Waals surface area contributed by atoms with Gasteiger partial charge >= 0.3 is 0 Å². The fraction of sp³-hybridized carbons (Fsp3) is 0.273. The number of fused-ring (bicyclic) bond motifs is 1. The van der Waals surface area contributed by atoms with Crippen molar-refractivity contribution >= 4 is 34.1 Å². The number of anilines is 2. The van der Waals surface area contributed by atoms with E-state index >= 15 is 0 Å². The molecule has 1 aliphatic rings. The third-order valence-electron chi connectivity index (χ3n) is 5.29. The SMILES string of the molecule is CCc1cccc(NC(=O)c2c(N3CCCC3=O)c3cc(F)ccc3n2C)c1. The molecule has 1 N–H and O–H groups in total. The Morgan fingerprint density at radius 1 is 1.21 bits per heavy atom. The number of benzene rings is 2. The molecule has 1 aromatic heterocycles. The first-order valence-corrected chi connectivity index (χ1v) is 9.48. The van der Waals surface area contributed by atoms with E-state index in [0.717, 1.165) is 18.4 Å². The summed E-state index contributed by atoms with van der Waals surface area (Å²) in [6, 6.07) is 12.1. The van der Waals surface area contributed by atoms with E-state index in [1.54, 1.807) is 22.6 Å². The number of hydrogen-bond donors (Lipinski definition) is 1. The van der Waals surface area contributed by atoms with Crippen molar-refractivity contribution in [3.8, 4) is 0 Å². The topological polar surface area (TPSA) is 54.3 Å². The molecule has 5 nitrogen and oxygen atoms in total. The van der Waals surface area contributed by atoms with Crippen LogP contribution in [0, 0.1) is 5.82 Å². The molecular weight excluding hydrogens is 357 g/mol. The molecule has 144 valence electrons. The molecule has 0 aliphatic carbocycles. The van der Waals surface area contributed by atoms with Crippen molar-refractivity contribution in [1.82, 2.24) is 4.57 Å². The maximum Gasteiger partial charge on any atom is 0.274 e. The predicted octanol–water partition coefficient (Wildman–Crippen LogP) is 4.26. The number of carbonyl (C=O) groups is 2. The van der Waals surface area contributed by atoms with Gasteiger partial charge in [0, 0.05) is 31.1 Å². The van der Waals surface area contributed by atoms with Gasteiger partial charge in [-0.2, -0.15) is 0 Å². The summed E-state index contributed by atoms with van der Waals surface area (Å²) in [4.78, 5) is 27.2. The Labute approximate surface area is 162 Å². The Balaban J connectivity index is 1.84. The molecule has 1 aliphatic heterocycles. The zero-order valence-electron chi connectivity index (χ0n) is 16.0. The van der Waals surface area contributed by atoms with E-state index in [1.165, 1.54) is 12.1 Å². The van der Waals surface area contributed by atoms with Crippen molar-refractivity contribution in [2.45, 2.75) is 26.2 Å². The lowest BCUT2D eigenvalue weighted by atomic mass is 10.1. The smallest absolute Gasteiger partial charge is 0.274 e. The molecule has 2 aromatic carbocycles. The minimum atomic E-state index is -0.395. The Hall–Kier alpha value is -3.15. The lowest BCUT2D eigenvalue weighted by Crippen LogP contribution is -2.27. The molecular formula is C22H22FN3O2. The van der Waals surface area contributed by atoms with Crippen LogP contribution in [0.2, 0.25) is 0 Å².